The van der Waals surface area contributed by atoms with Crippen LogP contribution >= 0.6 is 15.9 Å². The Morgan fingerprint density at radius 1 is 1.25 bits per heavy atom. The van der Waals surface area contributed by atoms with Gasteiger partial charge in [-0.25, -0.2) is 0 Å². The van der Waals surface area contributed by atoms with Crippen molar-refractivity contribution in [2.75, 3.05) is 26.4 Å². The van der Waals surface area contributed by atoms with Crippen molar-refractivity contribution in [3.8, 4) is 5.75 Å². The second-order valence-electron chi connectivity index (χ2n) is 5.25. The molecule has 0 atom stereocenters. The molecule has 0 fully saturated rings. The van der Waals surface area contributed by atoms with Gasteiger partial charge in [0.25, 0.3) is 0 Å². The van der Waals surface area contributed by atoms with E-state index in [4.69, 9.17) is 9.47 Å². The monoisotopic (exact) mass is 343 g/mol. The Labute approximate surface area is 131 Å². The van der Waals surface area contributed by atoms with Crippen molar-refractivity contribution < 1.29 is 9.47 Å². The fraction of sp³-hybridized carbons (Fsp3) is 0.625. The molecule has 0 saturated heterocycles. The van der Waals surface area contributed by atoms with Crippen molar-refractivity contribution in [1.29, 1.82) is 0 Å². The van der Waals surface area contributed by atoms with Crippen molar-refractivity contribution in [1.82, 2.24) is 5.32 Å². The lowest BCUT2D eigenvalue weighted by atomic mass is 10.2. The van der Waals surface area contributed by atoms with Gasteiger partial charge in [-0.2, -0.15) is 0 Å². The standard InChI is InChI=1S/C16H26BrNO2/c1-4-7-18-11-14-10-15(5-6-16(14)17)20-9-8-19-12-13(2)3/h5-6,10,13,18H,4,7-9,11-12H2,1-3H3. The third kappa shape index (κ3) is 7.27. The number of hydrogen-bond acceptors (Lipinski definition) is 3. The fourth-order valence-corrected chi connectivity index (χ4v) is 2.10. The topological polar surface area (TPSA) is 30.5 Å². The van der Waals surface area contributed by atoms with Crippen molar-refractivity contribution in [3.05, 3.63) is 28.2 Å². The average Bonchev–Trinajstić information content (AvgIpc) is 2.41. The first-order chi connectivity index (χ1) is 9.63. The van der Waals surface area contributed by atoms with Crippen LogP contribution in [-0.4, -0.2) is 26.4 Å². The highest BCUT2D eigenvalue weighted by atomic mass is 79.9. The van der Waals surface area contributed by atoms with Gasteiger partial charge in [-0.3, -0.25) is 0 Å². The molecule has 114 valence electrons. The maximum atomic E-state index is 5.72. The molecule has 0 aliphatic carbocycles. The van der Waals surface area contributed by atoms with Gasteiger partial charge in [-0.05, 0) is 42.6 Å². The van der Waals surface area contributed by atoms with Crippen molar-refractivity contribution in [3.63, 3.8) is 0 Å². The van der Waals surface area contributed by atoms with Gasteiger partial charge in [0.05, 0.1) is 6.61 Å². The van der Waals surface area contributed by atoms with Crippen molar-refractivity contribution >= 4 is 15.9 Å². The first kappa shape index (κ1) is 17.5. The van der Waals surface area contributed by atoms with Gasteiger partial charge in [0.15, 0.2) is 0 Å². The quantitative estimate of drug-likeness (QED) is 0.651. The highest BCUT2D eigenvalue weighted by Crippen LogP contribution is 2.22. The Bertz CT molecular complexity index is 383. The summed E-state index contributed by atoms with van der Waals surface area (Å²) in [5, 5.41) is 3.40. The zero-order valence-corrected chi connectivity index (χ0v) is 14.3. The molecule has 0 aromatic heterocycles. The van der Waals surface area contributed by atoms with E-state index in [9.17, 15) is 0 Å². The SMILES string of the molecule is CCCNCc1cc(OCCOCC(C)C)ccc1Br. The van der Waals surface area contributed by atoms with Crippen LogP contribution in [-0.2, 0) is 11.3 Å². The molecule has 0 aliphatic rings. The molecule has 0 unspecified atom stereocenters. The van der Waals surface area contributed by atoms with E-state index < -0.39 is 0 Å². The van der Waals surface area contributed by atoms with Crippen LogP contribution in [0.4, 0.5) is 0 Å². The molecule has 20 heavy (non-hydrogen) atoms. The molecule has 0 radical (unpaired) electrons. The van der Waals surface area contributed by atoms with E-state index in [0.717, 1.165) is 36.3 Å². The summed E-state index contributed by atoms with van der Waals surface area (Å²) in [6.07, 6.45) is 1.14. The first-order valence-electron chi connectivity index (χ1n) is 7.33. The fourth-order valence-electron chi connectivity index (χ4n) is 1.71. The molecule has 0 amide bonds. The van der Waals surface area contributed by atoms with E-state index >= 15 is 0 Å². The summed E-state index contributed by atoms with van der Waals surface area (Å²) in [4.78, 5) is 0. The van der Waals surface area contributed by atoms with Gasteiger partial charge in [0.1, 0.15) is 12.4 Å². The summed E-state index contributed by atoms with van der Waals surface area (Å²) in [6, 6.07) is 6.10. The Morgan fingerprint density at radius 2 is 2.05 bits per heavy atom. The Balaban J connectivity index is 2.36. The third-order valence-corrected chi connectivity index (χ3v) is 3.48. The van der Waals surface area contributed by atoms with Gasteiger partial charge < -0.3 is 14.8 Å². The second kappa shape index (κ2) is 10.2. The van der Waals surface area contributed by atoms with Crippen LogP contribution in [0.25, 0.3) is 0 Å². The van der Waals surface area contributed by atoms with Crippen LogP contribution in [0.3, 0.4) is 0 Å². The molecule has 0 saturated carbocycles. The summed E-state index contributed by atoms with van der Waals surface area (Å²) >= 11 is 3.57. The molecular formula is C16H26BrNO2. The van der Waals surface area contributed by atoms with E-state index in [1.807, 2.05) is 12.1 Å². The Morgan fingerprint density at radius 3 is 2.75 bits per heavy atom. The summed E-state index contributed by atoms with van der Waals surface area (Å²) in [5.41, 5.74) is 1.22. The summed E-state index contributed by atoms with van der Waals surface area (Å²) in [7, 11) is 0. The third-order valence-electron chi connectivity index (χ3n) is 2.71. The largest absolute Gasteiger partial charge is 0.491 e. The lowest BCUT2D eigenvalue weighted by Gasteiger charge is -2.11. The van der Waals surface area contributed by atoms with Gasteiger partial charge in [-0.15, -0.1) is 0 Å². The zero-order valence-electron chi connectivity index (χ0n) is 12.7. The Kier molecular flexibility index (Phi) is 8.90. The van der Waals surface area contributed by atoms with Crippen molar-refractivity contribution in [2.24, 2.45) is 5.92 Å². The molecule has 0 aliphatic heterocycles. The summed E-state index contributed by atoms with van der Waals surface area (Å²) in [5.74, 6) is 1.47. The normalized spacial score (nSPS) is 11.1. The number of rotatable bonds is 10. The second-order valence-corrected chi connectivity index (χ2v) is 6.10. The van der Waals surface area contributed by atoms with Gasteiger partial charge in [0, 0.05) is 17.6 Å². The van der Waals surface area contributed by atoms with Crippen LogP contribution in [0, 0.1) is 5.92 Å². The Hall–Kier alpha value is -0.580. The zero-order chi connectivity index (χ0) is 14.8. The molecular weight excluding hydrogens is 318 g/mol. The van der Waals surface area contributed by atoms with E-state index in [2.05, 4.69) is 48.1 Å². The summed E-state index contributed by atoms with van der Waals surface area (Å²) < 4.78 is 12.3. The molecule has 1 rings (SSSR count). The van der Waals surface area contributed by atoms with Gasteiger partial charge >= 0.3 is 0 Å². The van der Waals surface area contributed by atoms with E-state index in [1.165, 1.54) is 5.56 Å². The van der Waals surface area contributed by atoms with Crippen molar-refractivity contribution in [2.45, 2.75) is 33.7 Å². The van der Waals surface area contributed by atoms with Crippen LogP contribution in [0.15, 0.2) is 22.7 Å². The van der Waals surface area contributed by atoms with E-state index in [1.54, 1.807) is 0 Å². The minimum atomic E-state index is 0.568. The number of hydrogen-bond donors (Lipinski definition) is 1. The average molecular weight is 344 g/mol. The van der Waals surface area contributed by atoms with Crippen LogP contribution in [0.2, 0.25) is 0 Å². The maximum Gasteiger partial charge on any atom is 0.119 e. The first-order valence-corrected chi connectivity index (χ1v) is 8.12. The molecule has 0 spiro atoms. The van der Waals surface area contributed by atoms with Gasteiger partial charge in [0.2, 0.25) is 0 Å². The molecule has 1 N–H and O–H groups in total. The van der Waals surface area contributed by atoms with Crippen LogP contribution in [0.5, 0.6) is 5.75 Å². The minimum absolute atomic E-state index is 0.568. The minimum Gasteiger partial charge on any atom is -0.491 e. The predicted octanol–water partition coefficient (Wildman–Crippen LogP) is 4.00. The lowest BCUT2D eigenvalue weighted by Crippen LogP contribution is -2.14. The van der Waals surface area contributed by atoms with E-state index in [-0.39, 0.29) is 0 Å². The number of halogens is 1. The number of nitrogens with one attached hydrogen (secondary N) is 1. The van der Waals surface area contributed by atoms with Crippen LogP contribution < -0.4 is 10.1 Å². The predicted molar refractivity (Wildman–Crippen MR) is 87.3 cm³/mol. The maximum absolute atomic E-state index is 5.72. The number of ether oxygens (including phenoxy) is 2. The molecule has 4 heteroatoms. The molecule has 1 aromatic rings. The molecule has 1 aromatic carbocycles. The molecule has 0 heterocycles. The molecule has 3 nitrogen and oxygen atoms in total. The summed E-state index contributed by atoms with van der Waals surface area (Å²) in [6.45, 7) is 10.4. The highest BCUT2D eigenvalue weighted by Gasteiger charge is 2.03. The lowest BCUT2D eigenvalue weighted by molar-refractivity contribution is 0.0819. The highest BCUT2D eigenvalue weighted by molar-refractivity contribution is 9.10. The smallest absolute Gasteiger partial charge is 0.119 e. The van der Waals surface area contributed by atoms with Gasteiger partial charge in [-0.1, -0.05) is 36.7 Å². The molecule has 0 bridgehead atoms. The van der Waals surface area contributed by atoms with E-state index in [0.29, 0.717) is 19.1 Å². The van der Waals surface area contributed by atoms with Crippen LogP contribution in [0.1, 0.15) is 32.8 Å². The number of benzene rings is 1.